The molecule has 0 aliphatic carbocycles. The van der Waals surface area contributed by atoms with Gasteiger partial charge in [-0.2, -0.15) is 0 Å². The summed E-state index contributed by atoms with van der Waals surface area (Å²) in [5.74, 6) is -1.29. The normalized spacial score (nSPS) is 20.7. The van der Waals surface area contributed by atoms with Crippen molar-refractivity contribution in [2.75, 3.05) is 26.8 Å². The number of halogens is 2. The molecule has 1 atom stereocenters. The number of rotatable bonds is 4. The molecule has 1 aromatic heterocycles. The fourth-order valence-corrected chi connectivity index (χ4v) is 3.57. The highest BCUT2D eigenvalue weighted by Gasteiger charge is 2.47. The van der Waals surface area contributed by atoms with Crippen LogP contribution in [0.1, 0.15) is 16.9 Å². The van der Waals surface area contributed by atoms with Gasteiger partial charge in [-0.05, 0) is 24.6 Å². The van der Waals surface area contributed by atoms with Gasteiger partial charge in [-0.1, -0.05) is 23.2 Å². The molecule has 1 aliphatic rings. The predicted molar refractivity (Wildman–Crippen MR) is 90.8 cm³/mol. The molecule has 1 fully saturated rings. The molecule has 24 heavy (non-hydrogen) atoms. The van der Waals surface area contributed by atoms with E-state index in [1.54, 1.807) is 18.2 Å². The Labute approximate surface area is 148 Å². The summed E-state index contributed by atoms with van der Waals surface area (Å²) >= 11 is 12.3. The Morgan fingerprint density at radius 3 is 2.83 bits per heavy atom. The quantitative estimate of drug-likeness (QED) is 0.866. The average molecular weight is 371 g/mol. The summed E-state index contributed by atoms with van der Waals surface area (Å²) in [7, 11) is 1.45. The number of aromatic nitrogens is 1. The molecule has 1 saturated heterocycles. The minimum Gasteiger partial charge on any atom is -0.481 e. The molecule has 2 N–H and O–H groups in total. The molecule has 8 heteroatoms. The number of amides is 1. The third-order valence-corrected chi connectivity index (χ3v) is 5.05. The van der Waals surface area contributed by atoms with Crippen molar-refractivity contribution in [3.63, 3.8) is 0 Å². The van der Waals surface area contributed by atoms with Crippen LogP contribution in [-0.2, 0) is 9.53 Å². The van der Waals surface area contributed by atoms with E-state index in [0.29, 0.717) is 28.9 Å². The predicted octanol–water partition coefficient (Wildman–Crippen LogP) is 3.04. The number of benzene rings is 1. The lowest BCUT2D eigenvalue weighted by molar-refractivity contribution is -0.151. The number of aromatic amines is 1. The number of hydrogen-bond acceptors (Lipinski definition) is 3. The third kappa shape index (κ3) is 2.75. The van der Waals surface area contributed by atoms with Crippen molar-refractivity contribution in [1.82, 2.24) is 9.88 Å². The zero-order valence-corrected chi connectivity index (χ0v) is 14.4. The van der Waals surface area contributed by atoms with E-state index in [9.17, 15) is 14.7 Å². The van der Waals surface area contributed by atoms with Crippen molar-refractivity contribution in [2.45, 2.75) is 6.42 Å². The number of carboxylic acids is 1. The summed E-state index contributed by atoms with van der Waals surface area (Å²) < 4.78 is 5.04. The van der Waals surface area contributed by atoms with Crippen molar-refractivity contribution in [3.8, 4) is 0 Å². The molecular formula is C16H16Cl2N2O4. The summed E-state index contributed by atoms with van der Waals surface area (Å²) in [5, 5.41) is 11.0. The molecule has 6 nitrogen and oxygen atoms in total. The molecule has 1 amide bonds. The van der Waals surface area contributed by atoms with Gasteiger partial charge in [0.1, 0.15) is 11.1 Å². The van der Waals surface area contributed by atoms with Crippen LogP contribution >= 0.6 is 23.2 Å². The number of nitrogens with one attached hydrogen (secondary N) is 1. The van der Waals surface area contributed by atoms with Crippen LogP contribution in [-0.4, -0.2) is 53.7 Å². The van der Waals surface area contributed by atoms with Gasteiger partial charge >= 0.3 is 5.97 Å². The maximum Gasteiger partial charge on any atom is 0.313 e. The van der Waals surface area contributed by atoms with Crippen LogP contribution in [0.3, 0.4) is 0 Å². The van der Waals surface area contributed by atoms with Gasteiger partial charge in [0, 0.05) is 36.1 Å². The molecule has 2 aromatic rings. The molecule has 0 saturated carbocycles. The minimum atomic E-state index is -1.08. The maximum absolute atomic E-state index is 12.8. The average Bonchev–Trinajstić information content (AvgIpc) is 3.11. The van der Waals surface area contributed by atoms with Gasteiger partial charge in [0.25, 0.3) is 5.91 Å². The molecule has 0 bridgehead atoms. The minimum absolute atomic E-state index is 0.0577. The van der Waals surface area contributed by atoms with E-state index in [1.165, 1.54) is 12.0 Å². The van der Waals surface area contributed by atoms with E-state index >= 15 is 0 Å². The molecule has 1 aromatic carbocycles. The van der Waals surface area contributed by atoms with E-state index in [2.05, 4.69) is 4.98 Å². The maximum atomic E-state index is 12.8. The van der Waals surface area contributed by atoms with Gasteiger partial charge in [0.05, 0.1) is 11.6 Å². The van der Waals surface area contributed by atoms with Gasteiger partial charge in [-0.3, -0.25) is 9.59 Å². The second-order valence-corrected chi connectivity index (χ2v) is 6.81. The first kappa shape index (κ1) is 17.1. The number of nitrogens with zero attached hydrogens (tertiary/aromatic N) is 1. The Morgan fingerprint density at radius 2 is 2.17 bits per heavy atom. The number of likely N-dealkylation sites (tertiary alicyclic amines) is 1. The molecule has 3 rings (SSSR count). The largest absolute Gasteiger partial charge is 0.481 e. The van der Waals surface area contributed by atoms with Crippen LogP contribution in [0.25, 0.3) is 10.9 Å². The second-order valence-electron chi connectivity index (χ2n) is 6.00. The zero-order valence-electron chi connectivity index (χ0n) is 12.9. The first-order chi connectivity index (χ1) is 11.4. The Kier molecular flexibility index (Phi) is 4.46. The Morgan fingerprint density at radius 1 is 1.42 bits per heavy atom. The summed E-state index contributed by atoms with van der Waals surface area (Å²) in [6, 6.07) is 5.13. The van der Waals surface area contributed by atoms with Crippen molar-refractivity contribution in [2.24, 2.45) is 5.41 Å². The van der Waals surface area contributed by atoms with Crippen LogP contribution in [0.2, 0.25) is 10.0 Å². The number of carboxylic acid groups (broad SMARTS) is 1. The molecule has 0 radical (unpaired) electrons. The Bertz CT molecular complexity index is 820. The highest BCUT2D eigenvalue weighted by atomic mass is 35.5. The van der Waals surface area contributed by atoms with E-state index in [4.69, 9.17) is 27.9 Å². The molecule has 1 aliphatic heterocycles. The van der Waals surface area contributed by atoms with Crippen LogP contribution in [0, 0.1) is 5.41 Å². The van der Waals surface area contributed by atoms with E-state index < -0.39 is 11.4 Å². The zero-order chi connectivity index (χ0) is 17.5. The highest BCUT2D eigenvalue weighted by Crippen LogP contribution is 2.35. The van der Waals surface area contributed by atoms with Gasteiger partial charge in [0.2, 0.25) is 0 Å². The van der Waals surface area contributed by atoms with Crippen molar-refractivity contribution >= 4 is 46.0 Å². The smallest absolute Gasteiger partial charge is 0.313 e. The Balaban J connectivity index is 1.90. The van der Waals surface area contributed by atoms with Gasteiger partial charge in [-0.15, -0.1) is 0 Å². The summed E-state index contributed by atoms with van der Waals surface area (Å²) in [6.07, 6.45) is 0.339. The molecular weight excluding hydrogens is 355 g/mol. The number of ether oxygens (including phenoxy) is 1. The molecule has 0 spiro atoms. The molecule has 2 heterocycles. The van der Waals surface area contributed by atoms with E-state index in [1.807, 2.05) is 0 Å². The number of aliphatic carboxylic acids is 1. The van der Waals surface area contributed by atoms with E-state index in [-0.39, 0.29) is 29.8 Å². The van der Waals surface area contributed by atoms with Gasteiger partial charge in [0.15, 0.2) is 0 Å². The number of hydrogen-bond donors (Lipinski definition) is 2. The van der Waals surface area contributed by atoms with Crippen molar-refractivity contribution < 1.29 is 19.4 Å². The number of H-pyrrole nitrogens is 1. The number of carbonyl (C=O) groups is 2. The number of methoxy groups -OCH3 is 1. The second kappa shape index (κ2) is 6.27. The van der Waals surface area contributed by atoms with Crippen LogP contribution < -0.4 is 0 Å². The van der Waals surface area contributed by atoms with E-state index in [0.717, 1.165) is 0 Å². The van der Waals surface area contributed by atoms with Crippen LogP contribution in [0.15, 0.2) is 18.2 Å². The molecule has 128 valence electrons. The first-order valence-electron chi connectivity index (χ1n) is 7.36. The topological polar surface area (TPSA) is 82.6 Å². The van der Waals surface area contributed by atoms with Gasteiger partial charge < -0.3 is 19.7 Å². The third-order valence-electron chi connectivity index (χ3n) is 4.43. The lowest BCUT2D eigenvalue weighted by Gasteiger charge is -2.23. The highest BCUT2D eigenvalue weighted by molar-refractivity contribution is 6.39. The summed E-state index contributed by atoms with van der Waals surface area (Å²) in [5.41, 5.74) is -0.132. The van der Waals surface area contributed by atoms with Crippen molar-refractivity contribution in [3.05, 3.63) is 33.9 Å². The van der Waals surface area contributed by atoms with Crippen molar-refractivity contribution in [1.29, 1.82) is 0 Å². The first-order valence-corrected chi connectivity index (χ1v) is 8.12. The number of fused-ring (bicyclic) bond motifs is 1. The summed E-state index contributed by atoms with van der Waals surface area (Å²) in [4.78, 5) is 28.9. The molecule has 1 unspecified atom stereocenters. The van der Waals surface area contributed by atoms with Crippen LogP contribution in [0.4, 0.5) is 0 Å². The monoisotopic (exact) mass is 370 g/mol. The fourth-order valence-electron chi connectivity index (χ4n) is 3.11. The van der Waals surface area contributed by atoms with Crippen LogP contribution in [0.5, 0.6) is 0 Å². The van der Waals surface area contributed by atoms with Gasteiger partial charge in [-0.25, -0.2) is 0 Å². The Hall–Kier alpha value is -1.76. The number of carbonyl (C=O) groups excluding carboxylic acids is 1. The fraction of sp³-hybridized carbons (Fsp3) is 0.375. The standard InChI is InChI=1S/C16H16Cl2N2O4/c1-24-8-16(15(22)23)4-5-20(7-16)14(21)13-12(18)10-6-9(17)2-3-11(10)19-13/h2-3,6,19H,4-5,7-8H2,1H3,(H,22,23). The lowest BCUT2D eigenvalue weighted by atomic mass is 9.88. The SMILES string of the molecule is COCC1(C(=O)O)CCN(C(=O)c2[nH]c3ccc(Cl)cc3c2Cl)C1. The summed E-state index contributed by atoms with van der Waals surface area (Å²) in [6.45, 7) is 0.477. The lowest BCUT2D eigenvalue weighted by Crippen LogP contribution is -2.40.